The smallest absolute Gasteiger partial charge is 0.243 e. The molecule has 4 rings (SSSR count). The first kappa shape index (κ1) is 28.0. The lowest BCUT2D eigenvalue weighted by atomic mass is 10.2. The highest BCUT2D eigenvalue weighted by atomic mass is 32.2. The number of anilines is 1. The SMILES string of the molecule is CS(=O)(=O)N(CCCC(=O)NCCOc1ccc(S(=O)(=O)N2CCCC2)cc1)c1ccc2c(c1)OCCO2. The molecular weight excluding hydrogens is 534 g/mol. The normalized spacial score (nSPS) is 15.7. The molecule has 1 N–H and O–H groups in total. The molecule has 0 unspecified atom stereocenters. The number of sulfonamides is 2. The second-order valence-corrected chi connectivity index (χ2v) is 12.9. The zero-order valence-electron chi connectivity index (χ0n) is 21.3. The minimum Gasteiger partial charge on any atom is -0.492 e. The number of benzene rings is 2. The number of fused-ring (bicyclic) bond motifs is 1. The van der Waals surface area contributed by atoms with Gasteiger partial charge in [-0.3, -0.25) is 9.10 Å². The Kier molecular flexibility index (Phi) is 9.00. The van der Waals surface area contributed by atoms with E-state index in [1.54, 1.807) is 30.3 Å². The molecule has 13 heteroatoms. The number of amides is 1. The van der Waals surface area contributed by atoms with E-state index in [9.17, 15) is 21.6 Å². The molecule has 0 saturated carbocycles. The lowest BCUT2D eigenvalue weighted by molar-refractivity contribution is -0.121. The first-order valence-electron chi connectivity index (χ1n) is 12.5. The lowest BCUT2D eigenvalue weighted by Gasteiger charge is -2.25. The number of carbonyl (C=O) groups is 1. The third-order valence-corrected chi connectivity index (χ3v) is 9.31. The van der Waals surface area contributed by atoms with E-state index < -0.39 is 20.0 Å². The van der Waals surface area contributed by atoms with Gasteiger partial charge in [-0.2, -0.15) is 4.31 Å². The number of hydrogen-bond acceptors (Lipinski definition) is 8. The summed E-state index contributed by atoms with van der Waals surface area (Å²) in [6.45, 7) is 2.52. The van der Waals surface area contributed by atoms with E-state index in [0.29, 0.717) is 55.7 Å². The topological polar surface area (TPSA) is 132 Å². The Balaban J connectivity index is 1.19. The third kappa shape index (κ3) is 7.08. The van der Waals surface area contributed by atoms with Gasteiger partial charge in [-0.05, 0) is 55.7 Å². The molecule has 2 heterocycles. The number of carbonyl (C=O) groups excluding carboxylic acids is 1. The Bertz CT molecular complexity index is 1320. The van der Waals surface area contributed by atoms with Gasteiger partial charge in [0.15, 0.2) is 11.5 Å². The molecule has 1 amide bonds. The maximum atomic E-state index is 12.6. The Labute approximate surface area is 223 Å². The first-order chi connectivity index (χ1) is 18.1. The van der Waals surface area contributed by atoms with E-state index in [0.717, 1.165) is 19.1 Å². The van der Waals surface area contributed by atoms with Gasteiger partial charge in [0.25, 0.3) is 0 Å². The van der Waals surface area contributed by atoms with Crippen molar-refractivity contribution in [3.05, 3.63) is 42.5 Å². The summed E-state index contributed by atoms with van der Waals surface area (Å²) in [7, 11) is -7.04. The molecule has 2 aliphatic heterocycles. The Hall–Kier alpha value is -3.03. The Morgan fingerprint density at radius 1 is 1.00 bits per heavy atom. The molecule has 38 heavy (non-hydrogen) atoms. The molecule has 0 aromatic heterocycles. The van der Waals surface area contributed by atoms with E-state index in [2.05, 4.69) is 5.32 Å². The van der Waals surface area contributed by atoms with Gasteiger partial charge in [0.1, 0.15) is 25.6 Å². The van der Waals surface area contributed by atoms with Gasteiger partial charge in [-0.1, -0.05) is 0 Å². The standard InChI is InChI=1S/C25H33N3O8S2/c1-37(30,31)28(20-6-11-23-24(19-20)36-18-17-35-23)15-4-5-25(29)26-12-16-34-21-7-9-22(10-8-21)38(32,33)27-13-2-3-14-27/h6-11,19H,2-5,12-18H2,1H3,(H,26,29). The number of ether oxygens (including phenoxy) is 3. The van der Waals surface area contributed by atoms with Gasteiger partial charge < -0.3 is 19.5 Å². The van der Waals surface area contributed by atoms with E-state index in [1.807, 2.05) is 0 Å². The van der Waals surface area contributed by atoms with E-state index in [4.69, 9.17) is 14.2 Å². The van der Waals surface area contributed by atoms with Crippen LogP contribution in [0, 0.1) is 0 Å². The Morgan fingerprint density at radius 2 is 1.68 bits per heavy atom. The molecule has 2 aromatic carbocycles. The molecule has 208 valence electrons. The van der Waals surface area contributed by atoms with Crippen molar-refractivity contribution in [2.45, 2.75) is 30.6 Å². The van der Waals surface area contributed by atoms with Crippen molar-refractivity contribution >= 4 is 31.6 Å². The van der Waals surface area contributed by atoms with Crippen LogP contribution in [-0.2, 0) is 24.8 Å². The summed E-state index contributed by atoms with van der Waals surface area (Å²) in [6, 6.07) is 11.2. The highest BCUT2D eigenvalue weighted by Crippen LogP contribution is 2.34. The first-order valence-corrected chi connectivity index (χ1v) is 15.8. The predicted molar refractivity (Wildman–Crippen MR) is 142 cm³/mol. The summed E-state index contributed by atoms with van der Waals surface area (Å²) in [5.74, 6) is 1.33. The van der Waals surface area contributed by atoms with Crippen LogP contribution in [0.15, 0.2) is 47.4 Å². The van der Waals surface area contributed by atoms with Crippen LogP contribution in [0.5, 0.6) is 17.2 Å². The van der Waals surface area contributed by atoms with Crippen molar-refractivity contribution in [2.24, 2.45) is 0 Å². The van der Waals surface area contributed by atoms with Crippen molar-refractivity contribution in [3.63, 3.8) is 0 Å². The minimum absolute atomic E-state index is 0.134. The van der Waals surface area contributed by atoms with Crippen LogP contribution in [0.2, 0.25) is 0 Å². The fourth-order valence-electron chi connectivity index (χ4n) is 4.29. The van der Waals surface area contributed by atoms with Gasteiger partial charge >= 0.3 is 0 Å². The summed E-state index contributed by atoms with van der Waals surface area (Å²) >= 11 is 0. The van der Waals surface area contributed by atoms with Gasteiger partial charge in [-0.15, -0.1) is 0 Å². The quantitative estimate of drug-likeness (QED) is 0.385. The van der Waals surface area contributed by atoms with Crippen molar-refractivity contribution in [3.8, 4) is 17.2 Å². The van der Waals surface area contributed by atoms with Crippen molar-refractivity contribution in [2.75, 3.05) is 56.6 Å². The molecule has 11 nitrogen and oxygen atoms in total. The summed E-state index contributed by atoms with van der Waals surface area (Å²) < 4.78 is 69.3. The van der Waals surface area contributed by atoms with Crippen LogP contribution in [0.25, 0.3) is 0 Å². The molecule has 2 aliphatic rings. The molecule has 2 aromatic rings. The van der Waals surface area contributed by atoms with Crippen LogP contribution >= 0.6 is 0 Å². The minimum atomic E-state index is -3.57. The molecule has 0 aliphatic carbocycles. The van der Waals surface area contributed by atoms with Crippen LogP contribution in [0.4, 0.5) is 5.69 Å². The van der Waals surface area contributed by atoms with Crippen LogP contribution in [0.3, 0.4) is 0 Å². The van der Waals surface area contributed by atoms with Crippen LogP contribution in [0.1, 0.15) is 25.7 Å². The number of rotatable bonds is 12. The fourth-order valence-corrected chi connectivity index (χ4v) is 6.76. The second-order valence-electron chi connectivity index (χ2n) is 9.05. The van der Waals surface area contributed by atoms with Gasteiger partial charge in [0, 0.05) is 32.1 Å². The fraction of sp³-hybridized carbons (Fsp3) is 0.480. The number of nitrogens with zero attached hydrogens (tertiary/aromatic N) is 2. The number of nitrogens with one attached hydrogen (secondary N) is 1. The molecule has 1 fully saturated rings. The van der Waals surface area contributed by atoms with Crippen LogP contribution in [-0.4, -0.2) is 79.3 Å². The van der Waals surface area contributed by atoms with Gasteiger partial charge in [0.2, 0.25) is 26.0 Å². The third-order valence-electron chi connectivity index (χ3n) is 6.20. The maximum absolute atomic E-state index is 12.6. The zero-order valence-corrected chi connectivity index (χ0v) is 22.9. The summed E-state index contributed by atoms with van der Waals surface area (Å²) in [4.78, 5) is 12.5. The molecule has 1 saturated heterocycles. The molecule has 0 radical (unpaired) electrons. The molecule has 0 spiro atoms. The molecule has 0 bridgehead atoms. The maximum Gasteiger partial charge on any atom is 0.243 e. The average Bonchev–Trinajstić information content (AvgIpc) is 3.45. The van der Waals surface area contributed by atoms with Gasteiger partial charge in [-0.25, -0.2) is 16.8 Å². The van der Waals surface area contributed by atoms with Crippen molar-refractivity contribution < 1.29 is 35.8 Å². The lowest BCUT2D eigenvalue weighted by Crippen LogP contribution is -2.33. The van der Waals surface area contributed by atoms with Crippen molar-refractivity contribution in [1.29, 1.82) is 0 Å². The molecule has 0 atom stereocenters. The Morgan fingerprint density at radius 3 is 2.37 bits per heavy atom. The zero-order chi connectivity index (χ0) is 27.2. The summed E-state index contributed by atoms with van der Waals surface area (Å²) in [5.41, 5.74) is 0.449. The molecular formula is C25H33N3O8S2. The highest BCUT2D eigenvalue weighted by Gasteiger charge is 2.27. The average molecular weight is 568 g/mol. The predicted octanol–water partition coefficient (Wildman–Crippen LogP) is 1.98. The van der Waals surface area contributed by atoms with E-state index in [-0.39, 0.29) is 36.9 Å². The second kappa shape index (κ2) is 12.2. The van der Waals surface area contributed by atoms with E-state index in [1.165, 1.54) is 20.7 Å². The summed E-state index contributed by atoms with van der Waals surface area (Å²) in [6.07, 6.45) is 3.33. The van der Waals surface area contributed by atoms with Crippen LogP contribution < -0.4 is 23.8 Å². The highest BCUT2D eigenvalue weighted by molar-refractivity contribution is 7.92. The summed E-state index contributed by atoms with van der Waals surface area (Å²) in [5, 5.41) is 2.75. The van der Waals surface area contributed by atoms with Gasteiger partial charge in [0.05, 0.1) is 23.4 Å². The number of hydrogen-bond donors (Lipinski definition) is 1. The monoisotopic (exact) mass is 567 g/mol. The van der Waals surface area contributed by atoms with E-state index >= 15 is 0 Å². The largest absolute Gasteiger partial charge is 0.492 e. The van der Waals surface area contributed by atoms with Crippen molar-refractivity contribution in [1.82, 2.24) is 9.62 Å².